The molecule has 0 saturated heterocycles. The minimum absolute atomic E-state index is 0.134. The van der Waals surface area contributed by atoms with Crippen LogP contribution in [0.25, 0.3) is 0 Å². The molecule has 3 rings (SSSR count). The van der Waals surface area contributed by atoms with Crippen molar-refractivity contribution in [1.29, 1.82) is 0 Å². The van der Waals surface area contributed by atoms with Gasteiger partial charge in [-0.15, -0.1) is 0 Å². The van der Waals surface area contributed by atoms with Gasteiger partial charge >= 0.3 is 11.9 Å². The number of ether oxygens (including phenoxy) is 3. The van der Waals surface area contributed by atoms with Gasteiger partial charge in [-0.05, 0) is 6.42 Å². The number of carbonyl (C=O) groups excluding carboxylic acids is 2. The van der Waals surface area contributed by atoms with Crippen LogP contribution < -0.4 is 20.7 Å². The van der Waals surface area contributed by atoms with Crippen LogP contribution in [0, 0.1) is 11.9 Å². The van der Waals surface area contributed by atoms with Gasteiger partial charge in [-0.25, -0.2) is 15.1 Å². The molecule has 0 saturated carbocycles. The van der Waals surface area contributed by atoms with Gasteiger partial charge in [0.2, 0.25) is 29.8 Å². The number of anilines is 2. The highest BCUT2D eigenvalue weighted by molar-refractivity contribution is 6.40. The maximum Gasteiger partial charge on any atom is 0.376 e. The van der Waals surface area contributed by atoms with Gasteiger partial charge in [0.15, 0.2) is 6.10 Å². The molecular weight excluding hydrogens is 608 g/mol. The van der Waals surface area contributed by atoms with Crippen molar-refractivity contribution in [2.24, 2.45) is 0 Å². The van der Waals surface area contributed by atoms with Crippen LogP contribution in [0.3, 0.4) is 0 Å². The number of aromatic nitrogens is 2. The maximum atomic E-state index is 14.5. The third kappa shape index (κ3) is 6.82. The molecule has 0 aliphatic carbocycles. The molecule has 208 valence electrons. The normalized spacial score (nSPS) is 12.3. The van der Waals surface area contributed by atoms with Crippen LogP contribution in [0.5, 0.6) is 11.8 Å². The molecule has 0 bridgehead atoms. The molecule has 3 N–H and O–H groups in total. The number of halogens is 6. The monoisotopic (exact) mass is 624 g/mol. The van der Waals surface area contributed by atoms with Gasteiger partial charge < -0.3 is 24.8 Å². The molecule has 16 heteroatoms. The van der Waals surface area contributed by atoms with Crippen molar-refractivity contribution >= 4 is 69.7 Å². The fraction of sp³-hybridized carbons (Fsp3) is 0.217. The van der Waals surface area contributed by atoms with Crippen LogP contribution in [0.1, 0.15) is 25.0 Å². The first-order valence-electron chi connectivity index (χ1n) is 10.8. The predicted octanol–water partition coefficient (Wildman–Crippen LogP) is 5.97. The number of nitrogen functional groups attached to an aromatic ring is 1. The fourth-order valence-corrected chi connectivity index (χ4v) is 3.77. The third-order valence-corrected chi connectivity index (χ3v) is 6.36. The van der Waals surface area contributed by atoms with E-state index in [1.807, 2.05) is 0 Å². The van der Waals surface area contributed by atoms with E-state index in [0.717, 1.165) is 7.11 Å². The highest BCUT2D eigenvalue weighted by Gasteiger charge is 2.30. The zero-order valence-corrected chi connectivity index (χ0v) is 23.0. The topological polar surface area (TPSA) is 135 Å². The molecule has 0 spiro atoms. The van der Waals surface area contributed by atoms with Crippen molar-refractivity contribution in [2.45, 2.75) is 25.6 Å². The minimum atomic E-state index is -1.60. The summed E-state index contributed by atoms with van der Waals surface area (Å²) in [7, 11) is 1.14. The van der Waals surface area contributed by atoms with Gasteiger partial charge in [-0.2, -0.15) is 18.7 Å². The number of esters is 1. The summed E-state index contributed by atoms with van der Waals surface area (Å²) in [6.07, 6.45) is -2.64. The van der Waals surface area contributed by atoms with Gasteiger partial charge in [-0.3, -0.25) is 0 Å². The Kier molecular flexibility index (Phi) is 10.2. The van der Waals surface area contributed by atoms with Crippen LogP contribution in [-0.2, 0) is 19.2 Å². The van der Waals surface area contributed by atoms with E-state index in [2.05, 4.69) is 20.2 Å². The van der Waals surface area contributed by atoms with Crippen molar-refractivity contribution in [3.8, 4) is 11.8 Å². The van der Waals surface area contributed by atoms with Crippen LogP contribution in [0.2, 0.25) is 20.1 Å². The third-order valence-electron chi connectivity index (χ3n) is 4.94. The summed E-state index contributed by atoms with van der Waals surface area (Å²) in [5.41, 5.74) is 7.21. The van der Waals surface area contributed by atoms with Crippen LogP contribution in [-0.4, -0.2) is 35.1 Å². The van der Waals surface area contributed by atoms with Crippen molar-refractivity contribution in [2.75, 3.05) is 18.3 Å². The predicted molar refractivity (Wildman–Crippen MR) is 139 cm³/mol. The summed E-state index contributed by atoms with van der Waals surface area (Å²) in [4.78, 5) is 37.0. The fourth-order valence-electron chi connectivity index (χ4n) is 2.96. The van der Waals surface area contributed by atoms with Gasteiger partial charge in [0.05, 0.1) is 12.8 Å². The number of carbonyl (C=O) groups is 2. The SMILES string of the molecule is CC[C@@H](Oc1nc(F)c(Cl)c(NOC(=O)[C@H](Oc2nc(F)c(Cl)c(N)c2Cl)c2ccccc2)c1Cl)C(=O)OC. The van der Waals surface area contributed by atoms with Gasteiger partial charge in [0.1, 0.15) is 25.8 Å². The van der Waals surface area contributed by atoms with E-state index >= 15 is 0 Å². The largest absolute Gasteiger partial charge is 0.466 e. The van der Waals surface area contributed by atoms with Crippen LogP contribution in [0.15, 0.2) is 30.3 Å². The molecule has 1 aromatic carbocycles. The van der Waals surface area contributed by atoms with E-state index in [-0.39, 0.29) is 22.7 Å². The summed E-state index contributed by atoms with van der Waals surface area (Å²) in [6.45, 7) is 1.60. The molecule has 0 radical (unpaired) electrons. The number of pyridine rings is 2. The lowest BCUT2D eigenvalue weighted by Gasteiger charge is -2.20. The highest BCUT2D eigenvalue weighted by atomic mass is 35.5. The second-order valence-corrected chi connectivity index (χ2v) is 8.94. The van der Waals surface area contributed by atoms with Crippen molar-refractivity contribution in [3.63, 3.8) is 0 Å². The Hall–Kier alpha value is -3.32. The Morgan fingerprint density at radius 2 is 1.51 bits per heavy atom. The van der Waals surface area contributed by atoms with Crippen LogP contribution >= 0.6 is 46.4 Å². The number of methoxy groups -OCH3 is 1. The second kappa shape index (κ2) is 13.2. The van der Waals surface area contributed by atoms with E-state index in [0.29, 0.717) is 0 Å². The molecule has 39 heavy (non-hydrogen) atoms. The molecular formula is C23H18Cl4F2N4O6. The molecule has 0 aliphatic heterocycles. The number of hydrogen-bond acceptors (Lipinski definition) is 10. The first kappa shape index (κ1) is 30.2. The number of nitrogens with zero attached hydrogens (tertiary/aromatic N) is 2. The Bertz CT molecular complexity index is 1390. The summed E-state index contributed by atoms with van der Waals surface area (Å²) in [5.74, 6) is -5.46. The number of nitrogens with one attached hydrogen (secondary N) is 1. The smallest absolute Gasteiger partial charge is 0.376 e. The molecule has 10 nitrogen and oxygen atoms in total. The van der Waals surface area contributed by atoms with Crippen LogP contribution in [0.4, 0.5) is 20.2 Å². The summed E-state index contributed by atoms with van der Waals surface area (Å²) in [5, 5.41) is -1.98. The van der Waals surface area contributed by atoms with E-state index < -0.39 is 68.6 Å². The Morgan fingerprint density at radius 1 is 0.923 bits per heavy atom. The quantitative estimate of drug-likeness (QED) is 0.157. The first-order valence-corrected chi connectivity index (χ1v) is 12.3. The summed E-state index contributed by atoms with van der Waals surface area (Å²) < 4.78 is 44.1. The van der Waals surface area contributed by atoms with Gasteiger partial charge in [0.25, 0.3) is 0 Å². The molecule has 3 aromatic rings. The Balaban J connectivity index is 1.91. The minimum Gasteiger partial charge on any atom is -0.466 e. The number of hydrogen-bond donors (Lipinski definition) is 2. The maximum absolute atomic E-state index is 14.5. The molecule has 0 amide bonds. The average Bonchev–Trinajstić information content (AvgIpc) is 2.94. The molecule has 0 fully saturated rings. The van der Waals surface area contributed by atoms with E-state index in [1.54, 1.807) is 25.1 Å². The lowest BCUT2D eigenvalue weighted by molar-refractivity contribution is -0.149. The standard InChI is InChI=1S/C23H18Cl4F2N4O6/c1-3-10(22(34)36-2)37-21-14(27)16(13(26)19(29)32-21)33-39-23(35)17(9-7-5-4-6-8-9)38-20-12(25)15(30)11(24)18(28)31-20/h4-8,10,17H,3H2,1-2H3,(H2,30,31)(H,32,33)/t10-,17-/m1/s1. The summed E-state index contributed by atoms with van der Waals surface area (Å²) >= 11 is 24.0. The van der Waals surface area contributed by atoms with Crippen molar-refractivity contribution in [3.05, 3.63) is 67.9 Å². The first-order chi connectivity index (χ1) is 18.5. The Morgan fingerprint density at radius 3 is 2.10 bits per heavy atom. The van der Waals surface area contributed by atoms with Crippen molar-refractivity contribution in [1.82, 2.24) is 9.97 Å². The number of benzene rings is 1. The average molecular weight is 626 g/mol. The molecule has 0 unspecified atom stereocenters. The summed E-state index contributed by atoms with van der Waals surface area (Å²) in [6, 6.07) is 7.81. The second-order valence-electron chi connectivity index (χ2n) is 7.43. The molecule has 0 aliphatic rings. The number of rotatable bonds is 10. The zero-order chi connectivity index (χ0) is 28.9. The van der Waals surface area contributed by atoms with E-state index in [9.17, 15) is 18.4 Å². The Labute approximate surface area is 240 Å². The molecule has 2 atom stereocenters. The van der Waals surface area contributed by atoms with Crippen molar-refractivity contribution < 1.29 is 37.4 Å². The lowest BCUT2D eigenvalue weighted by Crippen LogP contribution is -2.28. The molecule has 2 heterocycles. The van der Waals surface area contributed by atoms with E-state index in [4.69, 9.17) is 66.4 Å². The van der Waals surface area contributed by atoms with E-state index in [1.165, 1.54) is 12.1 Å². The zero-order valence-electron chi connectivity index (χ0n) is 19.9. The number of nitrogens with two attached hydrogens (primary N) is 1. The molecule has 2 aromatic heterocycles. The highest BCUT2D eigenvalue weighted by Crippen LogP contribution is 2.40. The van der Waals surface area contributed by atoms with Gasteiger partial charge in [0, 0.05) is 5.56 Å². The lowest BCUT2D eigenvalue weighted by atomic mass is 10.1. The van der Waals surface area contributed by atoms with Gasteiger partial charge in [-0.1, -0.05) is 83.7 Å².